The van der Waals surface area contributed by atoms with Gasteiger partial charge >= 0.3 is 6.03 Å². The molecule has 26 heavy (non-hydrogen) atoms. The van der Waals surface area contributed by atoms with Crippen LogP contribution in [0.5, 0.6) is 5.75 Å². The second-order valence-electron chi connectivity index (χ2n) is 5.77. The van der Waals surface area contributed by atoms with Crippen LogP contribution < -0.4 is 20.8 Å². The highest BCUT2D eigenvalue weighted by atomic mass is 16.5. The van der Waals surface area contributed by atoms with Gasteiger partial charge in [-0.3, -0.25) is 4.79 Å². The average Bonchev–Trinajstić information content (AvgIpc) is 2.61. The average molecular weight is 354 g/mol. The largest absolute Gasteiger partial charge is 0.484 e. The quantitative estimate of drug-likeness (QED) is 0.527. The fourth-order valence-corrected chi connectivity index (χ4v) is 2.01. The molecule has 0 heterocycles. The zero-order chi connectivity index (χ0) is 18.8. The number of hydrogen-bond acceptors (Lipinski definition) is 4. The molecule has 0 saturated carbocycles. The van der Waals surface area contributed by atoms with Crippen molar-refractivity contribution < 1.29 is 14.3 Å². The predicted molar refractivity (Wildman–Crippen MR) is 101 cm³/mol. The number of rotatable bonds is 7. The molecule has 7 nitrogen and oxygen atoms in total. The second-order valence-corrected chi connectivity index (χ2v) is 5.77. The molecule has 2 aromatic carbocycles. The Labute approximate surface area is 152 Å². The van der Waals surface area contributed by atoms with Gasteiger partial charge < -0.3 is 15.4 Å². The molecule has 0 fully saturated rings. The van der Waals surface area contributed by atoms with Crippen LogP contribution in [0.3, 0.4) is 0 Å². The van der Waals surface area contributed by atoms with E-state index in [4.69, 9.17) is 4.74 Å². The van der Waals surface area contributed by atoms with Crippen LogP contribution in [0.2, 0.25) is 0 Å². The van der Waals surface area contributed by atoms with E-state index < -0.39 is 6.03 Å². The highest BCUT2D eigenvalue weighted by Crippen LogP contribution is 2.11. The van der Waals surface area contributed by atoms with Crippen molar-refractivity contribution in [1.82, 2.24) is 10.7 Å². The van der Waals surface area contributed by atoms with Gasteiger partial charge in [0.25, 0.3) is 5.91 Å². The van der Waals surface area contributed by atoms with Gasteiger partial charge in [-0.2, -0.15) is 5.10 Å². The van der Waals surface area contributed by atoms with Crippen molar-refractivity contribution in [3.05, 3.63) is 60.2 Å². The molecule has 0 aliphatic heterocycles. The Morgan fingerprint density at radius 1 is 1.08 bits per heavy atom. The van der Waals surface area contributed by atoms with Crippen LogP contribution in [-0.2, 0) is 4.79 Å². The van der Waals surface area contributed by atoms with E-state index in [-0.39, 0.29) is 18.6 Å². The predicted octanol–water partition coefficient (Wildman–Crippen LogP) is 2.75. The van der Waals surface area contributed by atoms with Crippen molar-refractivity contribution in [2.24, 2.45) is 5.10 Å². The van der Waals surface area contributed by atoms with Gasteiger partial charge in [-0.25, -0.2) is 10.2 Å². The zero-order valence-corrected chi connectivity index (χ0v) is 14.7. The smallest absolute Gasteiger partial charge is 0.339 e. The van der Waals surface area contributed by atoms with Crippen molar-refractivity contribution in [1.29, 1.82) is 0 Å². The minimum absolute atomic E-state index is 0.0349. The van der Waals surface area contributed by atoms with Crippen molar-refractivity contribution in [3.8, 4) is 5.75 Å². The normalized spacial score (nSPS) is 10.6. The van der Waals surface area contributed by atoms with Crippen LogP contribution in [0.4, 0.5) is 10.5 Å². The first-order chi connectivity index (χ1) is 12.5. The van der Waals surface area contributed by atoms with E-state index in [1.54, 1.807) is 36.4 Å². The summed E-state index contributed by atoms with van der Waals surface area (Å²) in [6.45, 7) is 3.74. The summed E-state index contributed by atoms with van der Waals surface area (Å²) in [4.78, 5) is 23.2. The SMILES string of the molecule is CC(C)NC(=O)COc1ccc(/C=N\NC(=O)Nc2ccccc2)cc1. The summed E-state index contributed by atoms with van der Waals surface area (Å²) in [5.41, 5.74) is 3.85. The topological polar surface area (TPSA) is 91.8 Å². The molecule has 3 N–H and O–H groups in total. The van der Waals surface area contributed by atoms with Gasteiger partial charge in [-0.1, -0.05) is 18.2 Å². The summed E-state index contributed by atoms with van der Waals surface area (Å²) in [7, 11) is 0. The summed E-state index contributed by atoms with van der Waals surface area (Å²) in [5, 5.41) is 9.29. The molecule has 2 aromatic rings. The highest BCUT2D eigenvalue weighted by Gasteiger charge is 2.04. The van der Waals surface area contributed by atoms with Gasteiger partial charge in [0.15, 0.2) is 6.61 Å². The summed E-state index contributed by atoms with van der Waals surface area (Å²) >= 11 is 0. The van der Waals surface area contributed by atoms with E-state index in [0.29, 0.717) is 11.4 Å². The summed E-state index contributed by atoms with van der Waals surface area (Å²) in [5.74, 6) is 0.412. The van der Waals surface area contributed by atoms with E-state index in [1.165, 1.54) is 6.21 Å². The third-order valence-electron chi connectivity index (χ3n) is 3.11. The van der Waals surface area contributed by atoms with E-state index in [0.717, 1.165) is 5.56 Å². The van der Waals surface area contributed by atoms with Crippen LogP contribution in [0.15, 0.2) is 59.7 Å². The molecular formula is C19H22N4O3. The third kappa shape index (κ3) is 7.04. The van der Waals surface area contributed by atoms with Gasteiger partial charge in [0, 0.05) is 11.7 Å². The minimum atomic E-state index is -0.427. The molecule has 3 amide bonds. The molecule has 0 bridgehead atoms. The maximum atomic E-state index is 11.7. The zero-order valence-electron chi connectivity index (χ0n) is 14.7. The van der Waals surface area contributed by atoms with E-state index in [1.807, 2.05) is 32.0 Å². The van der Waals surface area contributed by atoms with Crippen LogP contribution >= 0.6 is 0 Å². The molecular weight excluding hydrogens is 332 g/mol. The fraction of sp³-hybridized carbons (Fsp3) is 0.211. The third-order valence-corrected chi connectivity index (χ3v) is 3.11. The van der Waals surface area contributed by atoms with Gasteiger partial charge in [0.2, 0.25) is 0 Å². The van der Waals surface area contributed by atoms with Crippen LogP contribution in [0.25, 0.3) is 0 Å². The molecule has 0 aliphatic rings. The molecule has 0 saturated heterocycles. The summed E-state index contributed by atoms with van der Waals surface area (Å²) < 4.78 is 5.40. The van der Waals surface area contributed by atoms with Crippen molar-refractivity contribution >= 4 is 23.8 Å². The number of amides is 3. The van der Waals surface area contributed by atoms with Crippen molar-refractivity contribution in [3.63, 3.8) is 0 Å². The summed E-state index contributed by atoms with van der Waals surface area (Å²) in [6, 6.07) is 15.7. The molecule has 0 atom stereocenters. The minimum Gasteiger partial charge on any atom is -0.484 e. The lowest BCUT2D eigenvalue weighted by Gasteiger charge is -2.09. The molecule has 2 rings (SSSR count). The molecule has 0 unspecified atom stereocenters. The lowest BCUT2D eigenvalue weighted by atomic mass is 10.2. The van der Waals surface area contributed by atoms with Crippen LogP contribution in [-0.4, -0.2) is 30.8 Å². The first-order valence-corrected chi connectivity index (χ1v) is 8.20. The number of carbonyl (C=O) groups excluding carboxylic acids is 2. The number of hydrazone groups is 1. The number of urea groups is 1. The maximum absolute atomic E-state index is 11.7. The molecule has 0 spiro atoms. The number of ether oxygens (including phenoxy) is 1. The van der Waals surface area contributed by atoms with Gasteiger partial charge in [0.05, 0.1) is 6.21 Å². The number of nitrogens with zero attached hydrogens (tertiary/aromatic N) is 1. The fourth-order valence-electron chi connectivity index (χ4n) is 2.01. The standard InChI is InChI=1S/C19H22N4O3/c1-14(2)21-18(24)13-26-17-10-8-15(9-11-17)12-20-23-19(25)22-16-6-4-3-5-7-16/h3-12,14H,13H2,1-2H3,(H,21,24)(H2,22,23,25)/b20-12-. The molecule has 0 radical (unpaired) electrons. The van der Waals surface area contributed by atoms with Crippen LogP contribution in [0.1, 0.15) is 19.4 Å². The Morgan fingerprint density at radius 2 is 1.77 bits per heavy atom. The van der Waals surface area contributed by atoms with E-state index in [9.17, 15) is 9.59 Å². The van der Waals surface area contributed by atoms with E-state index >= 15 is 0 Å². The van der Waals surface area contributed by atoms with Crippen molar-refractivity contribution in [2.45, 2.75) is 19.9 Å². The number of nitrogens with one attached hydrogen (secondary N) is 3. The number of hydrogen-bond donors (Lipinski definition) is 3. The Morgan fingerprint density at radius 3 is 2.42 bits per heavy atom. The lowest BCUT2D eigenvalue weighted by Crippen LogP contribution is -2.34. The van der Waals surface area contributed by atoms with Gasteiger partial charge in [-0.15, -0.1) is 0 Å². The first kappa shape index (κ1) is 19.0. The molecule has 0 aliphatic carbocycles. The highest BCUT2D eigenvalue weighted by molar-refractivity contribution is 5.90. The van der Waals surface area contributed by atoms with Gasteiger partial charge in [-0.05, 0) is 55.8 Å². The monoisotopic (exact) mass is 354 g/mol. The number of para-hydroxylation sites is 1. The Balaban J connectivity index is 1.76. The molecule has 0 aromatic heterocycles. The van der Waals surface area contributed by atoms with E-state index in [2.05, 4.69) is 21.2 Å². The maximum Gasteiger partial charge on any atom is 0.339 e. The number of carbonyl (C=O) groups is 2. The molecule has 7 heteroatoms. The summed E-state index contributed by atoms with van der Waals surface area (Å²) in [6.07, 6.45) is 1.51. The lowest BCUT2D eigenvalue weighted by molar-refractivity contribution is -0.123. The Bertz CT molecular complexity index is 743. The van der Waals surface area contributed by atoms with Crippen LogP contribution in [0, 0.1) is 0 Å². The first-order valence-electron chi connectivity index (χ1n) is 8.20. The Hall–Kier alpha value is -3.35. The van der Waals surface area contributed by atoms with Crippen molar-refractivity contribution in [2.75, 3.05) is 11.9 Å². The second kappa shape index (κ2) is 9.83. The number of benzene rings is 2. The number of anilines is 1. The van der Waals surface area contributed by atoms with Gasteiger partial charge in [0.1, 0.15) is 5.75 Å². The Kier molecular flexibility index (Phi) is 7.17. The molecule has 136 valence electrons.